The lowest BCUT2D eigenvalue weighted by Crippen LogP contribution is -2.15. The summed E-state index contributed by atoms with van der Waals surface area (Å²) in [5.74, 6) is -0.0870. The van der Waals surface area contributed by atoms with Crippen molar-refractivity contribution >= 4 is 28.8 Å². The highest BCUT2D eigenvalue weighted by molar-refractivity contribution is 7.80. The molecular weight excluding hydrogens is 258 g/mol. The van der Waals surface area contributed by atoms with Gasteiger partial charge < -0.3 is 11.1 Å². The Kier molecular flexibility index (Phi) is 4.20. The average Bonchev–Trinajstić information content (AvgIpc) is 2.40. The van der Waals surface area contributed by atoms with Crippen LogP contribution < -0.4 is 11.1 Å². The molecule has 0 aliphatic rings. The van der Waals surface area contributed by atoms with Crippen LogP contribution in [0.3, 0.4) is 0 Å². The van der Waals surface area contributed by atoms with Gasteiger partial charge in [-0.2, -0.15) is 0 Å². The normalized spacial score (nSPS) is 9.89. The molecule has 1 heterocycles. The summed E-state index contributed by atoms with van der Waals surface area (Å²) >= 11 is 4.87. The molecule has 5 heteroatoms. The van der Waals surface area contributed by atoms with Crippen LogP contribution in [0.2, 0.25) is 0 Å². The lowest BCUT2D eigenvalue weighted by atomic mass is 10.1. The van der Waals surface area contributed by atoms with Gasteiger partial charge in [0.25, 0.3) is 0 Å². The molecule has 96 valence electrons. The number of nitrogens with two attached hydrogens (primary N) is 1. The standard InChI is InChI=1S/C14H13N3OS/c15-14(19)11-5-3-10(4-6-11)8-13(18)17-12-2-1-7-16-9-12/h1-7,9H,8H2,(H2,15,19)(H,17,18). The van der Waals surface area contributed by atoms with Gasteiger partial charge in [-0.05, 0) is 17.7 Å². The minimum Gasteiger partial charge on any atom is -0.389 e. The van der Waals surface area contributed by atoms with Crippen molar-refractivity contribution in [2.75, 3.05) is 5.32 Å². The van der Waals surface area contributed by atoms with Gasteiger partial charge in [0.05, 0.1) is 18.3 Å². The Morgan fingerprint density at radius 1 is 1.26 bits per heavy atom. The van der Waals surface area contributed by atoms with Crippen molar-refractivity contribution in [3.05, 3.63) is 59.9 Å². The molecule has 1 amide bonds. The number of thiocarbonyl (C=S) groups is 1. The number of benzene rings is 1. The zero-order valence-electron chi connectivity index (χ0n) is 10.2. The highest BCUT2D eigenvalue weighted by atomic mass is 32.1. The Morgan fingerprint density at radius 2 is 2.00 bits per heavy atom. The third-order valence-corrected chi connectivity index (χ3v) is 2.78. The first kappa shape index (κ1) is 13.2. The first-order valence-electron chi connectivity index (χ1n) is 5.74. The summed E-state index contributed by atoms with van der Waals surface area (Å²) < 4.78 is 0. The predicted molar refractivity (Wildman–Crippen MR) is 78.9 cm³/mol. The maximum atomic E-state index is 11.8. The third-order valence-electron chi connectivity index (χ3n) is 2.55. The molecule has 0 saturated carbocycles. The van der Waals surface area contributed by atoms with Gasteiger partial charge in [-0.15, -0.1) is 0 Å². The van der Waals surface area contributed by atoms with E-state index in [0.717, 1.165) is 11.1 Å². The lowest BCUT2D eigenvalue weighted by molar-refractivity contribution is -0.115. The zero-order chi connectivity index (χ0) is 13.7. The fourth-order valence-corrected chi connectivity index (χ4v) is 1.75. The van der Waals surface area contributed by atoms with Gasteiger partial charge in [0.2, 0.25) is 5.91 Å². The fourth-order valence-electron chi connectivity index (χ4n) is 1.61. The van der Waals surface area contributed by atoms with E-state index in [-0.39, 0.29) is 5.91 Å². The summed E-state index contributed by atoms with van der Waals surface area (Å²) in [6.07, 6.45) is 3.56. The van der Waals surface area contributed by atoms with E-state index in [9.17, 15) is 4.79 Å². The molecular formula is C14H13N3OS. The van der Waals surface area contributed by atoms with Gasteiger partial charge in [0, 0.05) is 11.8 Å². The van der Waals surface area contributed by atoms with Crippen molar-refractivity contribution < 1.29 is 4.79 Å². The van der Waals surface area contributed by atoms with Crippen LogP contribution in [0.15, 0.2) is 48.8 Å². The van der Waals surface area contributed by atoms with Gasteiger partial charge in [-0.1, -0.05) is 36.5 Å². The molecule has 0 saturated heterocycles. The van der Waals surface area contributed by atoms with E-state index in [1.807, 2.05) is 24.3 Å². The van der Waals surface area contributed by atoms with Crippen LogP contribution in [0, 0.1) is 0 Å². The first-order valence-corrected chi connectivity index (χ1v) is 6.14. The Balaban J connectivity index is 1.97. The van der Waals surface area contributed by atoms with Crippen LogP contribution in [-0.4, -0.2) is 15.9 Å². The number of pyridine rings is 1. The van der Waals surface area contributed by atoms with Crippen molar-refractivity contribution in [2.24, 2.45) is 5.73 Å². The quantitative estimate of drug-likeness (QED) is 0.833. The SMILES string of the molecule is NC(=S)c1ccc(CC(=O)Nc2cccnc2)cc1. The van der Waals surface area contributed by atoms with Gasteiger partial charge in [0.15, 0.2) is 0 Å². The highest BCUT2D eigenvalue weighted by Gasteiger charge is 2.04. The summed E-state index contributed by atoms with van der Waals surface area (Å²) in [6.45, 7) is 0. The number of hydrogen-bond donors (Lipinski definition) is 2. The van der Waals surface area contributed by atoms with Crippen molar-refractivity contribution in [1.82, 2.24) is 4.98 Å². The summed E-state index contributed by atoms with van der Waals surface area (Å²) in [4.78, 5) is 16.1. The number of anilines is 1. The molecule has 0 radical (unpaired) electrons. The smallest absolute Gasteiger partial charge is 0.228 e. The van der Waals surface area contributed by atoms with E-state index in [1.165, 1.54) is 0 Å². The van der Waals surface area contributed by atoms with E-state index in [4.69, 9.17) is 18.0 Å². The Hall–Kier alpha value is -2.27. The number of carbonyl (C=O) groups is 1. The number of amides is 1. The van der Waals surface area contributed by atoms with Crippen LogP contribution in [-0.2, 0) is 11.2 Å². The van der Waals surface area contributed by atoms with Crippen molar-refractivity contribution in [1.29, 1.82) is 0 Å². The van der Waals surface area contributed by atoms with E-state index in [0.29, 0.717) is 17.1 Å². The lowest BCUT2D eigenvalue weighted by Gasteiger charge is -2.05. The Labute approximate surface area is 116 Å². The van der Waals surface area contributed by atoms with E-state index in [1.54, 1.807) is 24.5 Å². The van der Waals surface area contributed by atoms with Gasteiger partial charge in [-0.25, -0.2) is 0 Å². The van der Waals surface area contributed by atoms with E-state index >= 15 is 0 Å². The van der Waals surface area contributed by atoms with Gasteiger partial charge >= 0.3 is 0 Å². The van der Waals surface area contributed by atoms with Crippen LogP contribution >= 0.6 is 12.2 Å². The third kappa shape index (κ3) is 3.86. The fraction of sp³-hybridized carbons (Fsp3) is 0.0714. The van der Waals surface area contributed by atoms with Crippen LogP contribution in [0.4, 0.5) is 5.69 Å². The molecule has 0 unspecified atom stereocenters. The second-order valence-corrected chi connectivity index (χ2v) is 4.47. The van der Waals surface area contributed by atoms with Gasteiger partial charge in [0.1, 0.15) is 4.99 Å². The van der Waals surface area contributed by atoms with E-state index < -0.39 is 0 Å². The molecule has 2 rings (SSSR count). The molecule has 0 aliphatic carbocycles. The monoisotopic (exact) mass is 271 g/mol. The largest absolute Gasteiger partial charge is 0.389 e. The zero-order valence-corrected chi connectivity index (χ0v) is 11.0. The van der Waals surface area contributed by atoms with Crippen LogP contribution in [0.25, 0.3) is 0 Å². The molecule has 4 nitrogen and oxygen atoms in total. The molecule has 2 aromatic rings. The first-order chi connectivity index (χ1) is 9.15. The molecule has 0 atom stereocenters. The topological polar surface area (TPSA) is 68.0 Å². The summed E-state index contributed by atoms with van der Waals surface area (Å²) in [5.41, 5.74) is 7.90. The average molecular weight is 271 g/mol. The maximum absolute atomic E-state index is 11.8. The molecule has 1 aromatic heterocycles. The number of aromatic nitrogens is 1. The maximum Gasteiger partial charge on any atom is 0.228 e. The van der Waals surface area contributed by atoms with Crippen molar-refractivity contribution in [3.8, 4) is 0 Å². The molecule has 3 N–H and O–H groups in total. The Morgan fingerprint density at radius 3 is 2.58 bits per heavy atom. The number of carbonyl (C=O) groups excluding carboxylic acids is 1. The molecule has 0 bridgehead atoms. The molecule has 1 aromatic carbocycles. The molecule has 0 fully saturated rings. The predicted octanol–water partition coefficient (Wildman–Crippen LogP) is 1.90. The van der Waals surface area contributed by atoms with Crippen molar-refractivity contribution in [3.63, 3.8) is 0 Å². The summed E-state index contributed by atoms with van der Waals surface area (Å²) in [7, 11) is 0. The minimum absolute atomic E-state index is 0.0870. The molecule has 0 spiro atoms. The highest BCUT2D eigenvalue weighted by Crippen LogP contribution is 2.08. The van der Waals surface area contributed by atoms with Gasteiger partial charge in [-0.3, -0.25) is 9.78 Å². The second kappa shape index (κ2) is 6.06. The van der Waals surface area contributed by atoms with Crippen LogP contribution in [0.1, 0.15) is 11.1 Å². The molecule has 0 aliphatic heterocycles. The molecule has 19 heavy (non-hydrogen) atoms. The van der Waals surface area contributed by atoms with E-state index in [2.05, 4.69) is 10.3 Å². The number of hydrogen-bond acceptors (Lipinski definition) is 3. The van der Waals surface area contributed by atoms with Crippen LogP contribution in [0.5, 0.6) is 0 Å². The summed E-state index contributed by atoms with van der Waals surface area (Å²) in [5, 5.41) is 2.78. The van der Waals surface area contributed by atoms with Crippen molar-refractivity contribution in [2.45, 2.75) is 6.42 Å². The Bertz CT molecular complexity index is 581. The minimum atomic E-state index is -0.0870. The number of nitrogens with zero attached hydrogens (tertiary/aromatic N) is 1. The number of rotatable bonds is 4. The number of nitrogens with one attached hydrogen (secondary N) is 1. The second-order valence-electron chi connectivity index (χ2n) is 4.03. The summed E-state index contributed by atoms with van der Waals surface area (Å²) in [6, 6.07) is 10.9.